The lowest BCUT2D eigenvalue weighted by Gasteiger charge is -2.07. The van der Waals surface area contributed by atoms with Crippen LogP contribution >= 0.6 is 22.9 Å². The highest BCUT2D eigenvalue weighted by Crippen LogP contribution is 2.30. The molecule has 0 aliphatic heterocycles. The molecule has 3 nitrogen and oxygen atoms in total. The van der Waals surface area contributed by atoms with Crippen LogP contribution < -0.4 is 5.73 Å². The normalized spacial score (nSPS) is 10.7. The summed E-state index contributed by atoms with van der Waals surface area (Å²) in [5.74, 6) is 0.334. The standard InChI is InChI=1S/C14H14ClN3S/c1-8(2)13-12(19-14(17)18-13)6-10-4-3-9(7-16)5-11(10)15/h3-5,8H,6H2,1-2H3,(H2,17,18). The van der Waals surface area contributed by atoms with Crippen molar-refractivity contribution in [3.8, 4) is 6.07 Å². The number of thiazole rings is 1. The van der Waals surface area contributed by atoms with Crippen LogP contribution in [-0.4, -0.2) is 4.98 Å². The summed E-state index contributed by atoms with van der Waals surface area (Å²) in [7, 11) is 0. The van der Waals surface area contributed by atoms with Crippen LogP contribution in [0.25, 0.3) is 0 Å². The van der Waals surface area contributed by atoms with Gasteiger partial charge in [0.2, 0.25) is 0 Å². The number of nitrogens with zero attached hydrogens (tertiary/aromatic N) is 2. The molecule has 0 saturated heterocycles. The number of hydrogen-bond donors (Lipinski definition) is 1. The van der Waals surface area contributed by atoms with Crippen molar-refractivity contribution in [1.29, 1.82) is 5.26 Å². The van der Waals surface area contributed by atoms with Crippen molar-refractivity contribution >= 4 is 28.1 Å². The summed E-state index contributed by atoms with van der Waals surface area (Å²) in [6.45, 7) is 4.19. The number of halogens is 1. The minimum Gasteiger partial charge on any atom is -0.375 e. The van der Waals surface area contributed by atoms with E-state index in [2.05, 4.69) is 24.9 Å². The molecule has 0 atom stereocenters. The maximum Gasteiger partial charge on any atom is 0.180 e. The van der Waals surface area contributed by atoms with Gasteiger partial charge in [-0.05, 0) is 23.6 Å². The van der Waals surface area contributed by atoms with Gasteiger partial charge in [0.05, 0.1) is 17.3 Å². The van der Waals surface area contributed by atoms with Crippen molar-refractivity contribution in [1.82, 2.24) is 4.98 Å². The first-order chi connectivity index (χ1) is 9.01. The van der Waals surface area contributed by atoms with Crippen LogP contribution in [0, 0.1) is 11.3 Å². The number of rotatable bonds is 3. The van der Waals surface area contributed by atoms with Crippen molar-refractivity contribution < 1.29 is 0 Å². The van der Waals surface area contributed by atoms with Crippen LogP contribution in [0.3, 0.4) is 0 Å². The van der Waals surface area contributed by atoms with Gasteiger partial charge in [-0.15, -0.1) is 11.3 Å². The lowest BCUT2D eigenvalue weighted by Crippen LogP contribution is -1.96. The van der Waals surface area contributed by atoms with Gasteiger partial charge in [-0.1, -0.05) is 31.5 Å². The Kier molecular flexibility index (Phi) is 4.08. The quantitative estimate of drug-likeness (QED) is 0.931. The molecule has 1 aromatic heterocycles. The van der Waals surface area contributed by atoms with E-state index < -0.39 is 0 Å². The number of nitrogens with two attached hydrogens (primary N) is 1. The summed E-state index contributed by atoms with van der Waals surface area (Å²) in [5, 5.41) is 10.0. The second-order valence-electron chi connectivity index (χ2n) is 4.61. The van der Waals surface area contributed by atoms with Crippen molar-refractivity contribution in [3.63, 3.8) is 0 Å². The third kappa shape index (κ3) is 3.06. The van der Waals surface area contributed by atoms with Crippen LogP contribution in [0.15, 0.2) is 18.2 Å². The zero-order chi connectivity index (χ0) is 14.0. The molecular formula is C14H14ClN3S. The van der Waals surface area contributed by atoms with Gasteiger partial charge in [0, 0.05) is 16.3 Å². The Balaban J connectivity index is 2.34. The van der Waals surface area contributed by atoms with Crippen molar-refractivity contribution in [2.45, 2.75) is 26.2 Å². The first-order valence-electron chi connectivity index (χ1n) is 5.95. The third-order valence-corrected chi connectivity index (χ3v) is 4.08. The summed E-state index contributed by atoms with van der Waals surface area (Å²) in [6.07, 6.45) is 0.701. The monoisotopic (exact) mass is 291 g/mol. The van der Waals surface area contributed by atoms with E-state index in [-0.39, 0.29) is 0 Å². The summed E-state index contributed by atoms with van der Waals surface area (Å²) >= 11 is 7.70. The molecule has 0 fully saturated rings. The molecule has 0 amide bonds. The molecule has 1 aromatic carbocycles. The van der Waals surface area contributed by atoms with Crippen LogP contribution in [0.5, 0.6) is 0 Å². The predicted octanol–water partition coefficient (Wildman–Crippen LogP) is 3.96. The van der Waals surface area contributed by atoms with E-state index in [1.807, 2.05) is 6.07 Å². The summed E-state index contributed by atoms with van der Waals surface area (Å²) < 4.78 is 0. The van der Waals surface area contributed by atoms with Crippen molar-refractivity contribution in [3.05, 3.63) is 44.9 Å². The van der Waals surface area contributed by atoms with Gasteiger partial charge in [-0.25, -0.2) is 4.98 Å². The molecular weight excluding hydrogens is 278 g/mol. The minimum absolute atomic E-state index is 0.334. The van der Waals surface area contributed by atoms with Crippen molar-refractivity contribution in [2.24, 2.45) is 0 Å². The number of nitriles is 1. The summed E-state index contributed by atoms with van der Waals surface area (Å²) in [6, 6.07) is 7.44. The van der Waals surface area contributed by atoms with Crippen LogP contribution in [0.2, 0.25) is 5.02 Å². The fourth-order valence-corrected chi connectivity index (χ4v) is 3.15. The molecule has 98 valence electrons. The fraction of sp³-hybridized carbons (Fsp3) is 0.286. The number of hydrogen-bond acceptors (Lipinski definition) is 4. The fourth-order valence-electron chi connectivity index (χ4n) is 1.89. The molecule has 0 spiro atoms. The first-order valence-corrected chi connectivity index (χ1v) is 7.14. The molecule has 1 heterocycles. The molecule has 2 N–H and O–H groups in total. The first kappa shape index (κ1) is 13.9. The molecule has 19 heavy (non-hydrogen) atoms. The lowest BCUT2D eigenvalue weighted by atomic mass is 10.0. The van der Waals surface area contributed by atoms with Gasteiger partial charge in [-0.2, -0.15) is 5.26 Å². The highest BCUT2D eigenvalue weighted by molar-refractivity contribution is 7.15. The lowest BCUT2D eigenvalue weighted by molar-refractivity contribution is 0.820. The molecule has 2 aromatic rings. The predicted molar refractivity (Wildman–Crippen MR) is 79.6 cm³/mol. The Morgan fingerprint density at radius 1 is 1.47 bits per heavy atom. The van der Waals surface area contributed by atoms with E-state index in [1.54, 1.807) is 12.1 Å². The Labute approximate surface area is 121 Å². The van der Waals surface area contributed by atoms with Gasteiger partial charge in [0.1, 0.15) is 0 Å². The van der Waals surface area contributed by atoms with E-state index in [1.165, 1.54) is 11.3 Å². The number of aromatic nitrogens is 1. The van der Waals surface area contributed by atoms with E-state index in [9.17, 15) is 0 Å². The zero-order valence-corrected chi connectivity index (χ0v) is 12.3. The smallest absolute Gasteiger partial charge is 0.180 e. The topological polar surface area (TPSA) is 62.7 Å². The van der Waals surface area contributed by atoms with Gasteiger partial charge in [0.15, 0.2) is 5.13 Å². The molecule has 0 bridgehead atoms. The van der Waals surface area contributed by atoms with Crippen LogP contribution in [0.1, 0.15) is 41.5 Å². The Morgan fingerprint density at radius 2 is 2.21 bits per heavy atom. The van der Waals surface area contributed by atoms with E-state index in [0.717, 1.165) is 16.1 Å². The maximum absolute atomic E-state index is 8.83. The van der Waals surface area contributed by atoms with Gasteiger partial charge >= 0.3 is 0 Å². The third-order valence-electron chi connectivity index (χ3n) is 2.82. The molecule has 5 heteroatoms. The van der Waals surface area contributed by atoms with Crippen LogP contribution in [0.4, 0.5) is 5.13 Å². The van der Waals surface area contributed by atoms with E-state index in [0.29, 0.717) is 28.1 Å². The van der Waals surface area contributed by atoms with E-state index in [4.69, 9.17) is 22.6 Å². The van der Waals surface area contributed by atoms with Crippen molar-refractivity contribution in [2.75, 3.05) is 5.73 Å². The average Bonchev–Trinajstić information content (AvgIpc) is 2.73. The summed E-state index contributed by atoms with van der Waals surface area (Å²) in [4.78, 5) is 5.51. The van der Waals surface area contributed by atoms with E-state index >= 15 is 0 Å². The molecule has 0 aliphatic rings. The number of nitrogen functional groups attached to an aromatic ring is 1. The largest absolute Gasteiger partial charge is 0.375 e. The molecule has 0 radical (unpaired) electrons. The van der Waals surface area contributed by atoms with Crippen LogP contribution in [-0.2, 0) is 6.42 Å². The highest BCUT2D eigenvalue weighted by Gasteiger charge is 2.14. The maximum atomic E-state index is 8.83. The Bertz CT molecular complexity index is 641. The summed E-state index contributed by atoms with van der Waals surface area (Å²) in [5.41, 5.74) is 8.38. The van der Waals surface area contributed by atoms with Gasteiger partial charge in [-0.3, -0.25) is 0 Å². The Morgan fingerprint density at radius 3 is 2.79 bits per heavy atom. The zero-order valence-electron chi connectivity index (χ0n) is 10.8. The SMILES string of the molecule is CC(C)c1nc(N)sc1Cc1ccc(C#N)cc1Cl. The second kappa shape index (κ2) is 5.60. The molecule has 0 saturated carbocycles. The number of benzene rings is 1. The molecule has 0 unspecified atom stereocenters. The Hall–Kier alpha value is -1.57. The highest BCUT2D eigenvalue weighted by atomic mass is 35.5. The average molecular weight is 292 g/mol. The molecule has 0 aliphatic carbocycles. The van der Waals surface area contributed by atoms with Gasteiger partial charge in [0.25, 0.3) is 0 Å². The minimum atomic E-state index is 0.334. The molecule has 2 rings (SSSR count). The van der Waals surface area contributed by atoms with Gasteiger partial charge < -0.3 is 5.73 Å². The number of anilines is 1. The second-order valence-corrected chi connectivity index (χ2v) is 6.13.